The van der Waals surface area contributed by atoms with Gasteiger partial charge in [-0.15, -0.1) is 0 Å². The summed E-state index contributed by atoms with van der Waals surface area (Å²) in [6.07, 6.45) is 12.7. The van der Waals surface area contributed by atoms with E-state index < -0.39 is 0 Å². The fourth-order valence-corrected chi connectivity index (χ4v) is 1.57. The van der Waals surface area contributed by atoms with Gasteiger partial charge in [0.15, 0.2) is 0 Å². The Labute approximate surface area is 90.1 Å². The average Bonchev–Trinajstić information content (AvgIpc) is 2.04. The predicted octanol–water partition coefficient (Wildman–Crippen LogP) is 4.97. The van der Waals surface area contributed by atoms with Crippen LogP contribution in [0, 0.1) is 11.3 Å². The average molecular weight is 194 g/mol. The molecule has 1 unspecified atom stereocenters. The molecule has 0 bridgehead atoms. The molecule has 0 nitrogen and oxygen atoms in total. The molecule has 0 heterocycles. The number of allylic oxidation sites excluding steroid dienone is 4. The lowest BCUT2D eigenvalue weighted by Crippen LogP contribution is -2.11. The number of hydrogen-bond acceptors (Lipinski definition) is 0. The molecule has 0 N–H and O–H groups in total. The van der Waals surface area contributed by atoms with E-state index in [0.717, 1.165) is 5.92 Å². The van der Waals surface area contributed by atoms with Crippen LogP contribution in [0.5, 0.6) is 0 Å². The quantitative estimate of drug-likeness (QED) is 0.553. The van der Waals surface area contributed by atoms with Crippen molar-refractivity contribution in [1.82, 2.24) is 0 Å². The van der Waals surface area contributed by atoms with Crippen molar-refractivity contribution < 1.29 is 0 Å². The Kier molecular flexibility index (Phi) is 6.61. The minimum Gasteiger partial charge on any atom is -0.0840 e. The van der Waals surface area contributed by atoms with E-state index in [2.05, 4.69) is 58.9 Å². The fourth-order valence-electron chi connectivity index (χ4n) is 1.57. The standard InChI is InChI=1S/C11H18.C3H8/c1-11(2,3)9-10-7-5-4-6-8-10;1-3-2/h4-7,10H,8-9H2,1-3H3;3H2,1-2H3. The summed E-state index contributed by atoms with van der Waals surface area (Å²) in [5.41, 5.74) is 0.472. The van der Waals surface area contributed by atoms with Crippen LogP contribution < -0.4 is 0 Å². The Morgan fingerprint density at radius 2 is 1.71 bits per heavy atom. The van der Waals surface area contributed by atoms with Crippen molar-refractivity contribution in [3.63, 3.8) is 0 Å². The van der Waals surface area contributed by atoms with Gasteiger partial charge in [0.2, 0.25) is 0 Å². The monoisotopic (exact) mass is 194 g/mol. The molecule has 0 fully saturated rings. The summed E-state index contributed by atoms with van der Waals surface area (Å²) >= 11 is 0. The summed E-state index contributed by atoms with van der Waals surface area (Å²) in [6.45, 7) is 11.2. The van der Waals surface area contributed by atoms with Gasteiger partial charge in [0, 0.05) is 0 Å². The molecule has 0 aromatic rings. The smallest absolute Gasteiger partial charge is 0.0191 e. The van der Waals surface area contributed by atoms with Gasteiger partial charge in [0.1, 0.15) is 0 Å². The largest absolute Gasteiger partial charge is 0.0840 e. The highest BCUT2D eigenvalue weighted by Gasteiger charge is 2.16. The van der Waals surface area contributed by atoms with Gasteiger partial charge in [-0.05, 0) is 24.2 Å². The van der Waals surface area contributed by atoms with Crippen LogP contribution in [0.1, 0.15) is 53.9 Å². The van der Waals surface area contributed by atoms with Gasteiger partial charge in [-0.3, -0.25) is 0 Å². The second-order valence-corrected chi connectivity index (χ2v) is 5.28. The van der Waals surface area contributed by atoms with Crippen LogP contribution in [-0.4, -0.2) is 0 Å². The third kappa shape index (κ3) is 8.10. The van der Waals surface area contributed by atoms with E-state index in [1.807, 2.05) is 0 Å². The van der Waals surface area contributed by atoms with Crippen molar-refractivity contribution in [3.8, 4) is 0 Å². The SMILES string of the molecule is CC(C)(C)CC1C=CC=CC1.CCC. The van der Waals surface area contributed by atoms with Crippen molar-refractivity contribution in [3.05, 3.63) is 24.3 Å². The molecule has 1 aliphatic carbocycles. The molecule has 0 radical (unpaired) electrons. The lowest BCUT2D eigenvalue weighted by atomic mass is 9.82. The molecule has 0 aromatic carbocycles. The maximum atomic E-state index is 2.32. The first-order valence-corrected chi connectivity index (χ1v) is 5.83. The van der Waals surface area contributed by atoms with E-state index >= 15 is 0 Å². The van der Waals surface area contributed by atoms with E-state index in [-0.39, 0.29) is 0 Å². The predicted molar refractivity (Wildman–Crippen MR) is 66.4 cm³/mol. The van der Waals surface area contributed by atoms with Crippen LogP contribution in [0.4, 0.5) is 0 Å². The summed E-state index contributed by atoms with van der Waals surface area (Å²) in [5.74, 6) is 0.778. The van der Waals surface area contributed by atoms with Gasteiger partial charge >= 0.3 is 0 Å². The Bertz CT molecular complexity index is 179. The Hall–Kier alpha value is -0.520. The van der Waals surface area contributed by atoms with E-state index in [1.54, 1.807) is 0 Å². The fraction of sp³-hybridized carbons (Fsp3) is 0.714. The molecule has 1 aliphatic rings. The van der Waals surface area contributed by atoms with Crippen molar-refractivity contribution in [2.24, 2.45) is 11.3 Å². The normalized spacial score (nSPS) is 20.2. The molecule has 0 aromatic heterocycles. The molecule has 0 heteroatoms. The summed E-state index contributed by atoms with van der Waals surface area (Å²) in [4.78, 5) is 0. The lowest BCUT2D eigenvalue weighted by molar-refractivity contribution is 0.325. The molecule has 0 spiro atoms. The topological polar surface area (TPSA) is 0 Å². The van der Waals surface area contributed by atoms with Gasteiger partial charge in [-0.25, -0.2) is 0 Å². The highest BCUT2D eigenvalue weighted by atomic mass is 14.2. The molecular weight excluding hydrogens is 168 g/mol. The number of rotatable bonds is 1. The zero-order chi connectivity index (χ0) is 11.0. The molecule has 0 aliphatic heterocycles. The minimum atomic E-state index is 0.472. The maximum absolute atomic E-state index is 2.32. The van der Waals surface area contributed by atoms with E-state index in [4.69, 9.17) is 0 Å². The third-order valence-electron chi connectivity index (χ3n) is 1.94. The maximum Gasteiger partial charge on any atom is -0.0191 e. The van der Waals surface area contributed by atoms with Gasteiger partial charge in [-0.2, -0.15) is 0 Å². The van der Waals surface area contributed by atoms with Crippen molar-refractivity contribution >= 4 is 0 Å². The van der Waals surface area contributed by atoms with Gasteiger partial charge in [0.25, 0.3) is 0 Å². The molecule has 1 atom stereocenters. The summed E-state index contributed by atoms with van der Waals surface area (Å²) < 4.78 is 0. The summed E-state index contributed by atoms with van der Waals surface area (Å²) in [5, 5.41) is 0. The zero-order valence-electron chi connectivity index (χ0n) is 10.5. The summed E-state index contributed by atoms with van der Waals surface area (Å²) in [7, 11) is 0. The highest BCUT2D eigenvalue weighted by Crippen LogP contribution is 2.28. The first-order valence-electron chi connectivity index (χ1n) is 5.83. The van der Waals surface area contributed by atoms with Gasteiger partial charge in [-0.1, -0.05) is 65.3 Å². The Morgan fingerprint density at radius 1 is 1.14 bits per heavy atom. The second kappa shape index (κ2) is 6.86. The van der Waals surface area contributed by atoms with Crippen LogP contribution in [0.15, 0.2) is 24.3 Å². The van der Waals surface area contributed by atoms with Crippen LogP contribution in [-0.2, 0) is 0 Å². The van der Waals surface area contributed by atoms with Crippen molar-refractivity contribution in [2.45, 2.75) is 53.9 Å². The third-order valence-corrected chi connectivity index (χ3v) is 1.94. The van der Waals surface area contributed by atoms with Crippen LogP contribution in [0.25, 0.3) is 0 Å². The van der Waals surface area contributed by atoms with E-state index in [1.165, 1.54) is 19.3 Å². The van der Waals surface area contributed by atoms with Gasteiger partial charge in [0.05, 0.1) is 0 Å². The Morgan fingerprint density at radius 3 is 2.07 bits per heavy atom. The van der Waals surface area contributed by atoms with Crippen molar-refractivity contribution in [1.29, 1.82) is 0 Å². The molecule has 1 rings (SSSR count). The second-order valence-electron chi connectivity index (χ2n) is 5.28. The van der Waals surface area contributed by atoms with Gasteiger partial charge < -0.3 is 0 Å². The zero-order valence-corrected chi connectivity index (χ0v) is 10.5. The first kappa shape index (κ1) is 13.5. The Balaban J connectivity index is 0.000000500. The molecule has 14 heavy (non-hydrogen) atoms. The molecular formula is C14H26. The van der Waals surface area contributed by atoms with Crippen LogP contribution in [0.2, 0.25) is 0 Å². The highest BCUT2D eigenvalue weighted by molar-refractivity contribution is 5.11. The lowest BCUT2D eigenvalue weighted by Gasteiger charge is -2.23. The molecule has 0 saturated carbocycles. The molecule has 82 valence electrons. The van der Waals surface area contributed by atoms with Crippen LogP contribution >= 0.6 is 0 Å². The minimum absolute atomic E-state index is 0.472. The van der Waals surface area contributed by atoms with E-state index in [9.17, 15) is 0 Å². The molecule has 0 amide bonds. The number of hydrogen-bond donors (Lipinski definition) is 0. The van der Waals surface area contributed by atoms with E-state index in [0.29, 0.717) is 5.41 Å². The van der Waals surface area contributed by atoms with Crippen LogP contribution in [0.3, 0.4) is 0 Å². The summed E-state index contributed by atoms with van der Waals surface area (Å²) in [6, 6.07) is 0. The molecule has 0 saturated heterocycles. The van der Waals surface area contributed by atoms with Crippen molar-refractivity contribution in [2.75, 3.05) is 0 Å². The first-order chi connectivity index (χ1) is 6.49.